The molecule has 0 aliphatic heterocycles. The first-order chi connectivity index (χ1) is 10.3. The van der Waals surface area contributed by atoms with Gasteiger partial charge in [-0.2, -0.15) is 0 Å². The van der Waals surface area contributed by atoms with Gasteiger partial charge in [-0.25, -0.2) is 0 Å². The SMILES string of the molecule is Cc1c(C=O)sc2c1c1ccccc1n2-c1ccccc1. The van der Waals surface area contributed by atoms with E-state index in [1.165, 1.54) is 16.3 Å². The van der Waals surface area contributed by atoms with Crippen LogP contribution in [0, 0.1) is 6.92 Å². The normalized spacial score (nSPS) is 11.3. The first kappa shape index (κ1) is 12.4. The molecule has 0 aliphatic carbocycles. The van der Waals surface area contributed by atoms with E-state index in [9.17, 15) is 4.79 Å². The molecular formula is C18H13NOS. The lowest BCUT2D eigenvalue weighted by atomic mass is 10.1. The van der Waals surface area contributed by atoms with Gasteiger partial charge < -0.3 is 4.57 Å². The van der Waals surface area contributed by atoms with Crippen molar-refractivity contribution in [3.63, 3.8) is 0 Å². The number of para-hydroxylation sites is 2. The van der Waals surface area contributed by atoms with Gasteiger partial charge in [-0.1, -0.05) is 36.4 Å². The summed E-state index contributed by atoms with van der Waals surface area (Å²) in [6.07, 6.45) is 0.962. The monoisotopic (exact) mass is 291 g/mol. The van der Waals surface area contributed by atoms with Gasteiger partial charge in [0.1, 0.15) is 4.83 Å². The Morgan fingerprint density at radius 2 is 1.71 bits per heavy atom. The van der Waals surface area contributed by atoms with Gasteiger partial charge in [0.05, 0.1) is 10.4 Å². The summed E-state index contributed by atoms with van der Waals surface area (Å²) in [4.78, 5) is 13.2. The minimum Gasteiger partial charge on any atom is -0.301 e. The number of aromatic nitrogens is 1. The van der Waals surface area contributed by atoms with Gasteiger partial charge in [-0.05, 0) is 30.7 Å². The van der Waals surface area contributed by atoms with Crippen LogP contribution >= 0.6 is 11.3 Å². The zero-order valence-corrected chi connectivity index (χ0v) is 12.4. The Kier molecular flexibility index (Phi) is 2.69. The van der Waals surface area contributed by atoms with Gasteiger partial charge in [0.25, 0.3) is 0 Å². The topological polar surface area (TPSA) is 22.0 Å². The number of nitrogens with zero attached hydrogens (tertiary/aromatic N) is 1. The second-order valence-corrected chi connectivity index (χ2v) is 6.11. The Balaban J connectivity index is 2.24. The van der Waals surface area contributed by atoms with Gasteiger partial charge in [0.15, 0.2) is 6.29 Å². The molecule has 3 heteroatoms. The highest BCUT2D eigenvalue weighted by atomic mass is 32.1. The highest BCUT2D eigenvalue weighted by Gasteiger charge is 2.18. The maximum atomic E-state index is 11.3. The molecule has 2 aromatic carbocycles. The van der Waals surface area contributed by atoms with Crippen molar-refractivity contribution < 1.29 is 4.79 Å². The Bertz CT molecular complexity index is 963. The van der Waals surface area contributed by atoms with Gasteiger partial charge in [0, 0.05) is 16.5 Å². The maximum Gasteiger partial charge on any atom is 0.160 e. The van der Waals surface area contributed by atoms with Crippen LogP contribution in [0.15, 0.2) is 54.6 Å². The summed E-state index contributed by atoms with van der Waals surface area (Å²) < 4.78 is 2.25. The molecule has 0 amide bonds. The predicted molar refractivity (Wildman–Crippen MR) is 88.8 cm³/mol. The van der Waals surface area contributed by atoms with Crippen molar-refractivity contribution in [3.8, 4) is 5.69 Å². The Labute approximate surface area is 126 Å². The summed E-state index contributed by atoms with van der Waals surface area (Å²) in [5.74, 6) is 0. The molecule has 2 nitrogen and oxygen atoms in total. The number of benzene rings is 2. The van der Waals surface area contributed by atoms with E-state index in [0.29, 0.717) is 0 Å². The van der Waals surface area contributed by atoms with Crippen molar-refractivity contribution in [1.29, 1.82) is 0 Å². The molecule has 0 saturated heterocycles. The molecule has 21 heavy (non-hydrogen) atoms. The molecule has 0 saturated carbocycles. The van der Waals surface area contributed by atoms with Crippen molar-refractivity contribution >= 4 is 38.7 Å². The molecule has 102 valence electrons. The Morgan fingerprint density at radius 1 is 1.00 bits per heavy atom. The minimum atomic E-state index is 0.815. The van der Waals surface area contributed by atoms with Gasteiger partial charge in [0.2, 0.25) is 0 Å². The zero-order valence-electron chi connectivity index (χ0n) is 11.5. The van der Waals surface area contributed by atoms with Crippen molar-refractivity contribution in [1.82, 2.24) is 4.57 Å². The summed E-state index contributed by atoms with van der Waals surface area (Å²) in [5.41, 5.74) is 3.39. The molecule has 2 aromatic heterocycles. The fraction of sp³-hybridized carbons (Fsp3) is 0.0556. The van der Waals surface area contributed by atoms with E-state index in [2.05, 4.69) is 41.0 Å². The second-order valence-electron chi connectivity index (χ2n) is 5.08. The second kappa shape index (κ2) is 4.57. The number of carbonyl (C=O) groups is 1. The Hall–Kier alpha value is -2.39. The molecule has 0 bridgehead atoms. The average Bonchev–Trinajstić information content (AvgIpc) is 3.02. The highest BCUT2D eigenvalue weighted by Crippen LogP contribution is 2.39. The van der Waals surface area contributed by atoms with E-state index < -0.39 is 0 Å². The summed E-state index contributed by atoms with van der Waals surface area (Å²) in [6.45, 7) is 2.03. The number of fused-ring (bicyclic) bond motifs is 3. The third kappa shape index (κ3) is 1.68. The smallest absolute Gasteiger partial charge is 0.160 e. The highest BCUT2D eigenvalue weighted by molar-refractivity contribution is 7.20. The molecule has 0 aliphatic rings. The molecule has 4 aromatic rings. The van der Waals surface area contributed by atoms with Gasteiger partial charge in [-0.3, -0.25) is 4.79 Å². The lowest BCUT2D eigenvalue weighted by molar-refractivity contribution is 0.112. The van der Waals surface area contributed by atoms with E-state index >= 15 is 0 Å². The summed E-state index contributed by atoms with van der Waals surface area (Å²) in [6, 6.07) is 18.7. The average molecular weight is 291 g/mol. The number of thiophene rings is 1. The van der Waals surface area contributed by atoms with Crippen LogP contribution in [0.4, 0.5) is 0 Å². The van der Waals surface area contributed by atoms with Crippen LogP contribution in [0.3, 0.4) is 0 Å². The van der Waals surface area contributed by atoms with E-state index in [4.69, 9.17) is 0 Å². The minimum absolute atomic E-state index is 0.815. The van der Waals surface area contributed by atoms with Crippen molar-refractivity contribution in [3.05, 3.63) is 65.0 Å². The van der Waals surface area contributed by atoms with E-state index in [-0.39, 0.29) is 0 Å². The summed E-state index contributed by atoms with van der Waals surface area (Å²) in [5, 5.41) is 2.40. The summed E-state index contributed by atoms with van der Waals surface area (Å²) >= 11 is 1.57. The third-order valence-electron chi connectivity index (χ3n) is 3.90. The van der Waals surface area contributed by atoms with E-state index in [1.54, 1.807) is 11.3 Å². The molecule has 4 rings (SSSR count). The predicted octanol–water partition coefficient (Wildman–Crippen LogP) is 4.97. The van der Waals surface area contributed by atoms with E-state index in [1.807, 2.05) is 25.1 Å². The first-order valence-electron chi connectivity index (χ1n) is 6.84. The van der Waals surface area contributed by atoms with Crippen molar-refractivity contribution in [2.75, 3.05) is 0 Å². The molecule has 0 spiro atoms. The number of carbonyl (C=O) groups excluding carboxylic acids is 1. The van der Waals surface area contributed by atoms with Crippen LogP contribution in [-0.2, 0) is 0 Å². The van der Waals surface area contributed by atoms with Crippen molar-refractivity contribution in [2.24, 2.45) is 0 Å². The molecule has 0 fully saturated rings. The number of hydrogen-bond acceptors (Lipinski definition) is 2. The van der Waals surface area contributed by atoms with Crippen molar-refractivity contribution in [2.45, 2.75) is 6.92 Å². The molecule has 0 unspecified atom stereocenters. The quantitative estimate of drug-likeness (QED) is 0.478. The molecule has 0 radical (unpaired) electrons. The van der Waals surface area contributed by atoms with Crippen LogP contribution in [0.5, 0.6) is 0 Å². The van der Waals surface area contributed by atoms with Crippen LogP contribution < -0.4 is 0 Å². The fourth-order valence-electron chi connectivity index (χ4n) is 2.93. The molecule has 0 N–H and O–H groups in total. The number of hydrogen-bond donors (Lipinski definition) is 0. The number of rotatable bonds is 2. The van der Waals surface area contributed by atoms with Crippen LogP contribution in [0.25, 0.3) is 26.8 Å². The van der Waals surface area contributed by atoms with E-state index in [0.717, 1.165) is 27.2 Å². The van der Waals surface area contributed by atoms with Gasteiger partial charge in [-0.15, -0.1) is 11.3 Å². The molecule has 0 atom stereocenters. The fourth-order valence-corrected chi connectivity index (χ4v) is 4.10. The summed E-state index contributed by atoms with van der Waals surface area (Å²) in [7, 11) is 0. The maximum absolute atomic E-state index is 11.3. The van der Waals surface area contributed by atoms with Crippen LogP contribution in [-0.4, -0.2) is 10.9 Å². The number of aldehydes is 1. The molecule has 2 heterocycles. The Morgan fingerprint density at radius 3 is 2.48 bits per heavy atom. The zero-order chi connectivity index (χ0) is 14.4. The van der Waals surface area contributed by atoms with Crippen LogP contribution in [0.2, 0.25) is 0 Å². The van der Waals surface area contributed by atoms with Crippen LogP contribution in [0.1, 0.15) is 15.2 Å². The number of aryl methyl sites for hydroxylation is 1. The lowest BCUT2D eigenvalue weighted by Gasteiger charge is -2.05. The largest absolute Gasteiger partial charge is 0.301 e. The van der Waals surface area contributed by atoms with Gasteiger partial charge >= 0.3 is 0 Å². The standard InChI is InChI=1S/C18H13NOS/c1-12-16(11-20)21-18-17(12)14-9-5-6-10-15(14)19(18)13-7-3-2-4-8-13/h2-11H,1H3. The lowest BCUT2D eigenvalue weighted by Crippen LogP contribution is -1.91. The third-order valence-corrected chi connectivity index (χ3v) is 5.11. The molecular weight excluding hydrogens is 278 g/mol. The first-order valence-corrected chi connectivity index (χ1v) is 7.66.